The highest BCUT2D eigenvalue weighted by Gasteiger charge is 2.06. The summed E-state index contributed by atoms with van der Waals surface area (Å²) in [6.07, 6.45) is 0. The average Bonchev–Trinajstić information content (AvgIpc) is 2.43. The fourth-order valence-corrected chi connectivity index (χ4v) is 1.29. The number of aromatic nitrogens is 2. The third-order valence-corrected chi connectivity index (χ3v) is 2.00. The van der Waals surface area contributed by atoms with Crippen molar-refractivity contribution in [1.82, 2.24) is 9.71 Å². The lowest BCUT2D eigenvalue weighted by atomic mass is 10.3. The molecule has 1 aromatic heterocycles. The molecule has 0 aliphatic carbocycles. The Morgan fingerprint density at radius 1 is 1.46 bits per heavy atom. The van der Waals surface area contributed by atoms with E-state index >= 15 is 0 Å². The molecule has 0 aliphatic rings. The summed E-state index contributed by atoms with van der Waals surface area (Å²) in [6.45, 7) is 1.74. The minimum absolute atomic E-state index is 0.572. The number of nitrogens with zero attached hydrogens (tertiary/aromatic N) is 2. The average molecular weight is 178 g/mol. The van der Waals surface area contributed by atoms with Crippen LogP contribution in [0.2, 0.25) is 0 Å². The van der Waals surface area contributed by atoms with Crippen molar-refractivity contribution in [2.75, 3.05) is 7.11 Å². The van der Waals surface area contributed by atoms with Gasteiger partial charge in [0.05, 0.1) is 12.6 Å². The van der Waals surface area contributed by atoms with E-state index in [-0.39, 0.29) is 0 Å². The van der Waals surface area contributed by atoms with Crippen molar-refractivity contribution >= 4 is 11.0 Å². The standard InChI is InChI=1S/C9H10N2O2/c1-6-10-8-4-3-7(13-2)5-9(8)11(6)12/h3-5,12H,1-2H3. The summed E-state index contributed by atoms with van der Waals surface area (Å²) < 4.78 is 6.09. The van der Waals surface area contributed by atoms with E-state index in [2.05, 4.69) is 4.98 Å². The number of ether oxygens (including phenoxy) is 1. The molecule has 1 N–H and O–H groups in total. The molecule has 0 spiro atoms. The van der Waals surface area contributed by atoms with Crippen molar-refractivity contribution in [3.8, 4) is 5.75 Å². The maximum atomic E-state index is 9.52. The second kappa shape index (κ2) is 2.65. The monoisotopic (exact) mass is 178 g/mol. The Balaban J connectivity index is 2.75. The number of aryl methyl sites for hydroxylation is 1. The van der Waals surface area contributed by atoms with E-state index in [9.17, 15) is 5.21 Å². The van der Waals surface area contributed by atoms with Gasteiger partial charge in [0.25, 0.3) is 0 Å². The van der Waals surface area contributed by atoms with Gasteiger partial charge in [-0.3, -0.25) is 0 Å². The van der Waals surface area contributed by atoms with E-state index in [1.54, 1.807) is 20.1 Å². The Labute approximate surface area is 75.3 Å². The summed E-state index contributed by atoms with van der Waals surface area (Å²) in [7, 11) is 1.59. The molecule has 2 aromatic rings. The van der Waals surface area contributed by atoms with Crippen LogP contribution in [0.5, 0.6) is 5.75 Å². The normalized spacial score (nSPS) is 10.6. The van der Waals surface area contributed by atoms with Gasteiger partial charge in [-0.2, -0.15) is 4.73 Å². The lowest BCUT2D eigenvalue weighted by molar-refractivity contribution is 0.191. The van der Waals surface area contributed by atoms with Gasteiger partial charge in [-0.1, -0.05) is 0 Å². The van der Waals surface area contributed by atoms with E-state index in [1.165, 1.54) is 0 Å². The molecule has 13 heavy (non-hydrogen) atoms. The molecule has 0 atom stereocenters. The molecule has 0 bridgehead atoms. The first kappa shape index (κ1) is 7.91. The van der Waals surface area contributed by atoms with E-state index in [0.29, 0.717) is 17.1 Å². The number of benzene rings is 1. The SMILES string of the molecule is COc1ccc2nc(C)n(O)c2c1. The molecule has 0 amide bonds. The van der Waals surface area contributed by atoms with Crippen LogP contribution in [0.1, 0.15) is 5.82 Å². The van der Waals surface area contributed by atoms with Crippen LogP contribution in [0, 0.1) is 6.92 Å². The Morgan fingerprint density at radius 2 is 2.23 bits per heavy atom. The zero-order chi connectivity index (χ0) is 9.42. The number of methoxy groups -OCH3 is 1. The molecule has 0 saturated heterocycles. The van der Waals surface area contributed by atoms with Gasteiger partial charge in [0, 0.05) is 6.07 Å². The van der Waals surface area contributed by atoms with E-state index in [1.807, 2.05) is 12.1 Å². The molecule has 1 heterocycles. The van der Waals surface area contributed by atoms with Gasteiger partial charge in [0.15, 0.2) is 0 Å². The van der Waals surface area contributed by atoms with Gasteiger partial charge in [0.2, 0.25) is 0 Å². The second-order valence-electron chi connectivity index (χ2n) is 2.83. The van der Waals surface area contributed by atoms with Crippen molar-refractivity contribution in [2.45, 2.75) is 6.92 Å². The molecule has 0 aliphatic heterocycles. The van der Waals surface area contributed by atoms with Crippen LogP contribution >= 0.6 is 0 Å². The van der Waals surface area contributed by atoms with Crippen LogP contribution in [0.25, 0.3) is 11.0 Å². The molecule has 4 nitrogen and oxygen atoms in total. The maximum absolute atomic E-state index is 9.52. The highest BCUT2D eigenvalue weighted by molar-refractivity contribution is 5.77. The van der Waals surface area contributed by atoms with E-state index in [0.717, 1.165) is 10.2 Å². The summed E-state index contributed by atoms with van der Waals surface area (Å²) >= 11 is 0. The topological polar surface area (TPSA) is 47.3 Å². The number of hydrogen-bond donors (Lipinski definition) is 1. The van der Waals surface area contributed by atoms with Crippen LogP contribution in [0.3, 0.4) is 0 Å². The smallest absolute Gasteiger partial charge is 0.142 e. The summed E-state index contributed by atoms with van der Waals surface area (Å²) in [5.41, 5.74) is 1.43. The molecule has 1 aromatic carbocycles. The summed E-state index contributed by atoms with van der Waals surface area (Å²) in [4.78, 5) is 4.15. The molecular formula is C9H10N2O2. The predicted octanol–water partition coefficient (Wildman–Crippen LogP) is 1.59. The lowest BCUT2D eigenvalue weighted by Crippen LogP contribution is -1.92. The largest absolute Gasteiger partial charge is 0.497 e. The fraction of sp³-hybridized carbons (Fsp3) is 0.222. The third kappa shape index (κ3) is 1.11. The van der Waals surface area contributed by atoms with E-state index in [4.69, 9.17) is 4.74 Å². The van der Waals surface area contributed by atoms with Gasteiger partial charge >= 0.3 is 0 Å². The first-order valence-electron chi connectivity index (χ1n) is 3.94. The van der Waals surface area contributed by atoms with Crippen molar-refractivity contribution in [3.05, 3.63) is 24.0 Å². The predicted molar refractivity (Wildman–Crippen MR) is 48.2 cm³/mol. The third-order valence-electron chi connectivity index (χ3n) is 2.00. The summed E-state index contributed by atoms with van der Waals surface area (Å²) in [5, 5.41) is 9.52. The number of hydrogen-bond acceptors (Lipinski definition) is 3. The number of fused-ring (bicyclic) bond motifs is 1. The van der Waals surface area contributed by atoms with Gasteiger partial charge < -0.3 is 9.94 Å². The van der Waals surface area contributed by atoms with Crippen LogP contribution in [-0.4, -0.2) is 22.0 Å². The molecule has 0 unspecified atom stereocenters. The zero-order valence-corrected chi connectivity index (χ0v) is 7.48. The summed E-state index contributed by atoms with van der Waals surface area (Å²) in [6, 6.07) is 5.37. The molecular weight excluding hydrogens is 168 g/mol. The number of rotatable bonds is 1. The van der Waals surface area contributed by atoms with Crippen molar-refractivity contribution in [2.24, 2.45) is 0 Å². The number of imidazole rings is 1. The highest BCUT2D eigenvalue weighted by Crippen LogP contribution is 2.20. The molecule has 0 fully saturated rings. The molecule has 0 saturated carbocycles. The first-order valence-corrected chi connectivity index (χ1v) is 3.94. The highest BCUT2D eigenvalue weighted by atomic mass is 16.5. The van der Waals surface area contributed by atoms with Crippen molar-refractivity contribution in [3.63, 3.8) is 0 Å². The minimum atomic E-state index is 0.572. The van der Waals surface area contributed by atoms with Gasteiger partial charge in [-0.05, 0) is 19.1 Å². The van der Waals surface area contributed by atoms with Gasteiger partial charge in [-0.25, -0.2) is 4.98 Å². The molecule has 4 heteroatoms. The van der Waals surface area contributed by atoms with Crippen molar-refractivity contribution < 1.29 is 9.94 Å². The Hall–Kier alpha value is -1.71. The van der Waals surface area contributed by atoms with Crippen LogP contribution in [0.4, 0.5) is 0 Å². The van der Waals surface area contributed by atoms with Gasteiger partial charge in [0.1, 0.15) is 17.1 Å². The Bertz CT molecular complexity index is 448. The van der Waals surface area contributed by atoms with Gasteiger partial charge in [-0.15, -0.1) is 0 Å². The maximum Gasteiger partial charge on any atom is 0.142 e. The Kier molecular flexibility index (Phi) is 1.62. The summed E-state index contributed by atoms with van der Waals surface area (Å²) in [5.74, 6) is 1.28. The zero-order valence-electron chi connectivity index (χ0n) is 7.48. The minimum Gasteiger partial charge on any atom is -0.497 e. The molecule has 2 rings (SSSR count). The van der Waals surface area contributed by atoms with Crippen LogP contribution in [0.15, 0.2) is 18.2 Å². The first-order chi connectivity index (χ1) is 6.22. The molecule has 0 radical (unpaired) electrons. The van der Waals surface area contributed by atoms with E-state index < -0.39 is 0 Å². The van der Waals surface area contributed by atoms with Crippen LogP contribution < -0.4 is 4.74 Å². The van der Waals surface area contributed by atoms with Crippen LogP contribution in [-0.2, 0) is 0 Å². The Morgan fingerprint density at radius 3 is 2.92 bits per heavy atom. The second-order valence-corrected chi connectivity index (χ2v) is 2.83. The molecule has 68 valence electrons. The quantitative estimate of drug-likeness (QED) is 0.674. The fourth-order valence-electron chi connectivity index (χ4n) is 1.29. The lowest BCUT2D eigenvalue weighted by Gasteiger charge is -1.99. The van der Waals surface area contributed by atoms with Crippen molar-refractivity contribution in [1.29, 1.82) is 0 Å².